The maximum absolute atomic E-state index is 13.2. The second-order valence-corrected chi connectivity index (χ2v) is 5.59. The molecule has 4 heteroatoms. The SMILES string of the molecule is Cc1cc(F)ccc1O[C@H]1c2ccccc2C[C@@]1(O)CN. The zero-order chi connectivity index (χ0) is 15.0. The van der Waals surface area contributed by atoms with Crippen LogP contribution in [0.3, 0.4) is 0 Å². The van der Waals surface area contributed by atoms with Crippen molar-refractivity contribution in [1.82, 2.24) is 0 Å². The summed E-state index contributed by atoms with van der Waals surface area (Å²) >= 11 is 0. The number of ether oxygens (including phenoxy) is 1. The molecule has 0 aliphatic heterocycles. The number of hydrogen-bond donors (Lipinski definition) is 2. The molecule has 110 valence electrons. The van der Waals surface area contributed by atoms with Gasteiger partial charge < -0.3 is 15.6 Å². The third-order valence-electron chi connectivity index (χ3n) is 4.06. The molecule has 0 bridgehead atoms. The van der Waals surface area contributed by atoms with Crippen molar-refractivity contribution in [2.75, 3.05) is 6.54 Å². The maximum atomic E-state index is 13.2. The van der Waals surface area contributed by atoms with Crippen molar-refractivity contribution >= 4 is 0 Å². The van der Waals surface area contributed by atoms with Gasteiger partial charge in [-0.05, 0) is 41.8 Å². The summed E-state index contributed by atoms with van der Waals surface area (Å²) < 4.78 is 19.2. The van der Waals surface area contributed by atoms with Gasteiger partial charge in [0.15, 0.2) is 6.10 Å². The van der Waals surface area contributed by atoms with Crippen molar-refractivity contribution in [3.05, 3.63) is 65.0 Å². The number of fused-ring (bicyclic) bond motifs is 1. The third kappa shape index (κ3) is 2.41. The summed E-state index contributed by atoms with van der Waals surface area (Å²) in [6.07, 6.45) is -0.0761. The number of aliphatic hydroxyl groups is 1. The number of benzene rings is 2. The molecule has 0 saturated heterocycles. The summed E-state index contributed by atoms with van der Waals surface area (Å²) in [4.78, 5) is 0. The van der Waals surface area contributed by atoms with Crippen molar-refractivity contribution in [1.29, 1.82) is 0 Å². The van der Waals surface area contributed by atoms with Crippen LogP contribution in [-0.2, 0) is 6.42 Å². The molecule has 0 spiro atoms. The first-order chi connectivity index (χ1) is 10.0. The Labute approximate surface area is 123 Å². The van der Waals surface area contributed by atoms with E-state index in [1.54, 1.807) is 13.0 Å². The van der Waals surface area contributed by atoms with Crippen molar-refractivity contribution in [3.63, 3.8) is 0 Å². The Balaban J connectivity index is 1.99. The van der Waals surface area contributed by atoms with Gasteiger partial charge in [-0.1, -0.05) is 24.3 Å². The van der Waals surface area contributed by atoms with Gasteiger partial charge in [0.2, 0.25) is 0 Å². The molecule has 0 amide bonds. The highest BCUT2D eigenvalue weighted by molar-refractivity contribution is 5.41. The lowest BCUT2D eigenvalue weighted by Gasteiger charge is -2.30. The van der Waals surface area contributed by atoms with Gasteiger partial charge in [-0.3, -0.25) is 0 Å². The van der Waals surface area contributed by atoms with Gasteiger partial charge in [0.25, 0.3) is 0 Å². The molecule has 1 aliphatic rings. The Bertz CT molecular complexity index is 674. The summed E-state index contributed by atoms with van der Waals surface area (Å²) in [5, 5.41) is 10.8. The largest absolute Gasteiger partial charge is 0.482 e. The molecule has 0 unspecified atom stereocenters. The highest BCUT2D eigenvalue weighted by atomic mass is 19.1. The normalized spacial score (nSPS) is 23.9. The Hall–Kier alpha value is -1.91. The molecule has 2 atom stereocenters. The average Bonchev–Trinajstić information content (AvgIpc) is 2.75. The van der Waals surface area contributed by atoms with Gasteiger partial charge >= 0.3 is 0 Å². The van der Waals surface area contributed by atoms with E-state index in [0.29, 0.717) is 17.7 Å². The van der Waals surface area contributed by atoms with Gasteiger partial charge in [0.05, 0.1) is 0 Å². The lowest BCUT2D eigenvalue weighted by molar-refractivity contribution is -0.0440. The molecule has 0 heterocycles. The topological polar surface area (TPSA) is 55.5 Å². The minimum atomic E-state index is -1.13. The smallest absolute Gasteiger partial charge is 0.154 e. The van der Waals surface area contributed by atoms with Gasteiger partial charge in [-0.2, -0.15) is 0 Å². The van der Waals surface area contributed by atoms with Crippen LogP contribution in [-0.4, -0.2) is 17.3 Å². The van der Waals surface area contributed by atoms with Gasteiger partial charge in [-0.25, -0.2) is 4.39 Å². The molecule has 3 rings (SSSR count). The second kappa shape index (κ2) is 5.13. The highest BCUT2D eigenvalue weighted by Crippen LogP contribution is 2.42. The highest BCUT2D eigenvalue weighted by Gasteiger charge is 2.45. The first-order valence-electron chi connectivity index (χ1n) is 6.96. The fourth-order valence-corrected chi connectivity index (χ4v) is 2.89. The Morgan fingerprint density at radius 3 is 2.81 bits per heavy atom. The van der Waals surface area contributed by atoms with Crippen LogP contribution >= 0.6 is 0 Å². The summed E-state index contributed by atoms with van der Waals surface area (Å²) in [5.41, 5.74) is 7.30. The lowest BCUT2D eigenvalue weighted by Crippen LogP contribution is -2.44. The fourth-order valence-electron chi connectivity index (χ4n) is 2.89. The predicted molar refractivity (Wildman–Crippen MR) is 78.7 cm³/mol. The second-order valence-electron chi connectivity index (χ2n) is 5.59. The van der Waals surface area contributed by atoms with E-state index in [-0.39, 0.29) is 12.4 Å². The monoisotopic (exact) mass is 287 g/mol. The number of hydrogen-bond acceptors (Lipinski definition) is 3. The standard InChI is InChI=1S/C17H18FNO2/c1-11-8-13(18)6-7-15(11)21-16-14-5-3-2-4-12(14)9-17(16,20)10-19/h2-8,16,20H,9-10,19H2,1H3/t16-,17+/m0/s1. The molecule has 21 heavy (non-hydrogen) atoms. The van der Waals surface area contributed by atoms with Gasteiger partial charge in [0, 0.05) is 13.0 Å². The van der Waals surface area contributed by atoms with E-state index in [9.17, 15) is 9.50 Å². The number of rotatable bonds is 3. The molecule has 2 aromatic rings. The van der Waals surface area contributed by atoms with E-state index in [2.05, 4.69) is 0 Å². The zero-order valence-electron chi connectivity index (χ0n) is 11.8. The molecule has 1 aliphatic carbocycles. The molecule has 0 radical (unpaired) electrons. The number of aryl methyl sites for hydroxylation is 1. The summed E-state index contributed by atoms with van der Waals surface area (Å²) in [6.45, 7) is 1.88. The van der Waals surface area contributed by atoms with E-state index in [1.807, 2.05) is 24.3 Å². The molecule has 0 aromatic heterocycles. The van der Waals surface area contributed by atoms with E-state index in [0.717, 1.165) is 11.1 Å². The third-order valence-corrected chi connectivity index (χ3v) is 4.06. The first-order valence-corrected chi connectivity index (χ1v) is 6.96. The summed E-state index contributed by atoms with van der Waals surface area (Å²) in [6, 6.07) is 12.1. The van der Waals surface area contributed by atoms with E-state index in [1.165, 1.54) is 12.1 Å². The quantitative estimate of drug-likeness (QED) is 0.912. The number of nitrogens with two attached hydrogens (primary N) is 1. The molecule has 3 N–H and O–H groups in total. The molecular weight excluding hydrogens is 269 g/mol. The lowest BCUT2D eigenvalue weighted by atomic mass is 9.97. The molecule has 0 fully saturated rings. The average molecular weight is 287 g/mol. The van der Waals surface area contributed by atoms with E-state index < -0.39 is 11.7 Å². The minimum Gasteiger partial charge on any atom is -0.482 e. The van der Waals surface area contributed by atoms with Crippen molar-refractivity contribution < 1.29 is 14.2 Å². The van der Waals surface area contributed by atoms with Crippen LogP contribution in [0, 0.1) is 12.7 Å². The van der Waals surface area contributed by atoms with Crippen LogP contribution in [0.2, 0.25) is 0 Å². The maximum Gasteiger partial charge on any atom is 0.154 e. The van der Waals surface area contributed by atoms with Crippen molar-refractivity contribution in [2.45, 2.75) is 25.0 Å². The van der Waals surface area contributed by atoms with Gasteiger partial charge in [0.1, 0.15) is 17.2 Å². The molecule has 0 saturated carbocycles. The fraction of sp³-hybridized carbons (Fsp3) is 0.294. The Morgan fingerprint density at radius 2 is 2.10 bits per heavy atom. The van der Waals surface area contributed by atoms with Crippen LogP contribution in [0.1, 0.15) is 22.8 Å². The Kier molecular flexibility index (Phi) is 3.43. The zero-order valence-corrected chi connectivity index (χ0v) is 11.8. The summed E-state index contributed by atoms with van der Waals surface area (Å²) in [5.74, 6) is 0.255. The van der Waals surface area contributed by atoms with Crippen LogP contribution in [0.5, 0.6) is 5.75 Å². The molecule has 2 aromatic carbocycles. The van der Waals surface area contributed by atoms with Gasteiger partial charge in [-0.15, -0.1) is 0 Å². The first kappa shape index (κ1) is 14.0. The van der Waals surface area contributed by atoms with E-state index in [4.69, 9.17) is 10.5 Å². The number of halogens is 1. The van der Waals surface area contributed by atoms with Crippen molar-refractivity contribution in [2.24, 2.45) is 5.73 Å². The van der Waals surface area contributed by atoms with Crippen LogP contribution in [0.25, 0.3) is 0 Å². The van der Waals surface area contributed by atoms with E-state index >= 15 is 0 Å². The van der Waals surface area contributed by atoms with Crippen molar-refractivity contribution in [3.8, 4) is 5.75 Å². The molecule has 3 nitrogen and oxygen atoms in total. The van der Waals surface area contributed by atoms with Crippen LogP contribution in [0.15, 0.2) is 42.5 Å². The Morgan fingerprint density at radius 1 is 1.33 bits per heavy atom. The summed E-state index contributed by atoms with van der Waals surface area (Å²) in [7, 11) is 0. The minimum absolute atomic E-state index is 0.104. The predicted octanol–water partition coefficient (Wildman–Crippen LogP) is 2.50. The molecular formula is C17H18FNO2. The van der Waals surface area contributed by atoms with Crippen LogP contribution < -0.4 is 10.5 Å². The van der Waals surface area contributed by atoms with Crippen LogP contribution in [0.4, 0.5) is 4.39 Å².